The molecule has 2 aromatic carbocycles. The van der Waals surface area contributed by atoms with Crippen LogP contribution in [0.4, 0.5) is 15.8 Å². The van der Waals surface area contributed by atoms with Gasteiger partial charge in [0.05, 0.1) is 6.54 Å². The number of ether oxygens (including phenoxy) is 1. The van der Waals surface area contributed by atoms with Crippen molar-refractivity contribution in [3.05, 3.63) is 59.9 Å². The van der Waals surface area contributed by atoms with Crippen LogP contribution in [0.15, 0.2) is 48.5 Å². The van der Waals surface area contributed by atoms with Gasteiger partial charge >= 0.3 is 0 Å². The van der Waals surface area contributed by atoms with Gasteiger partial charge < -0.3 is 20.7 Å². The maximum absolute atomic E-state index is 12.8. The summed E-state index contributed by atoms with van der Waals surface area (Å²) < 4.78 is 17.8. The highest BCUT2D eigenvalue weighted by Gasteiger charge is 2.08. The molecule has 0 fully saturated rings. The Kier molecular flexibility index (Phi) is 7.57. The molecule has 3 N–H and O–H groups in total. The molecule has 0 unspecified atom stereocenters. The van der Waals surface area contributed by atoms with Crippen molar-refractivity contribution >= 4 is 23.2 Å². The van der Waals surface area contributed by atoms with Gasteiger partial charge in [0, 0.05) is 37.2 Å². The molecule has 138 valence electrons. The lowest BCUT2D eigenvalue weighted by molar-refractivity contribution is -0.114. The number of hydrogen-bond acceptors (Lipinski definition) is 4. The second kappa shape index (κ2) is 10.1. The van der Waals surface area contributed by atoms with E-state index in [1.54, 1.807) is 43.5 Å². The number of nitrogens with one attached hydrogen (secondary N) is 3. The lowest BCUT2D eigenvalue weighted by atomic mass is 10.2. The molecule has 7 heteroatoms. The molecule has 26 heavy (non-hydrogen) atoms. The summed E-state index contributed by atoms with van der Waals surface area (Å²) in [4.78, 5) is 24.1. The maximum Gasteiger partial charge on any atom is 0.251 e. The van der Waals surface area contributed by atoms with Crippen LogP contribution in [0.5, 0.6) is 0 Å². The van der Waals surface area contributed by atoms with Crippen LogP contribution in [0.1, 0.15) is 16.8 Å². The number of benzene rings is 2. The monoisotopic (exact) mass is 359 g/mol. The highest BCUT2D eigenvalue weighted by atomic mass is 19.1. The zero-order valence-electron chi connectivity index (χ0n) is 14.5. The molecule has 0 radical (unpaired) electrons. The highest BCUT2D eigenvalue weighted by Crippen LogP contribution is 2.11. The highest BCUT2D eigenvalue weighted by molar-refractivity contribution is 5.98. The van der Waals surface area contributed by atoms with Crippen molar-refractivity contribution < 1.29 is 18.7 Å². The SMILES string of the molecule is COCCCNC(=O)c1cccc(NC(=O)CNc2ccc(F)cc2)c1. The van der Waals surface area contributed by atoms with Crippen LogP contribution in [0, 0.1) is 5.82 Å². The van der Waals surface area contributed by atoms with Crippen molar-refractivity contribution in [1.82, 2.24) is 5.32 Å². The molecule has 0 aliphatic carbocycles. The second-order valence-electron chi connectivity index (χ2n) is 5.59. The molecule has 2 aromatic rings. The fourth-order valence-electron chi connectivity index (χ4n) is 2.21. The molecule has 6 nitrogen and oxygen atoms in total. The lowest BCUT2D eigenvalue weighted by Gasteiger charge is -2.09. The van der Waals surface area contributed by atoms with E-state index >= 15 is 0 Å². The first kappa shape index (κ1) is 19.4. The van der Waals surface area contributed by atoms with Crippen molar-refractivity contribution in [1.29, 1.82) is 0 Å². The number of anilines is 2. The summed E-state index contributed by atoms with van der Waals surface area (Å²) in [7, 11) is 1.61. The van der Waals surface area contributed by atoms with Gasteiger partial charge in [0.1, 0.15) is 5.82 Å². The average Bonchev–Trinajstić information content (AvgIpc) is 2.65. The van der Waals surface area contributed by atoms with E-state index in [-0.39, 0.29) is 24.2 Å². The van der Waals surface area contributed by atoms with Crippen LogP contribution >= 0.6 is 0 Å². The molecule has 0 aliphatic rings. The van der Waals surface area contributed by atoms with Crippen molar-refractivity contribution in [2.45, 2.75) is 6.42 Å². The molecule has 0 aromatic heterocycles. The second-order valence-corrected chi connectivity index (χ2v) is 5.59. The van der Waals surface area contributed by atoms with Gasteiger partial charge in [-0.05, 0) is 48.9 Å². The summed E-state index contributed by atoms with van der Waals surface area (Å²) in [5.41, 5.74) is 1.64. The molecule has 0 heterocycles. The van der Waals surface area contributed by atoms with Crippen LogP contribution < -0.4 is 16.0 Å². The van der Waals surface area contributed by atoms with E-state index in [0.717, 1.165) is 6.42 Å². The Bertz CT molecular complexity index is 735. The maximum atomic E-state index is 12.8. The van der Waals surface area contributed by atoms with Crippen LogP contribution in [-0.2, 0) is 9.53 Å². The third-order valence-corrected chi connectivity index (χ3v) is 3.52. The average molecular weight is 359 g/mol. The van der Waals surface area contributed by atoms with Crippen LogP contribution in [0.3, 0.4) is 0 Å². The topological polar surface area (TPSA) is 79.5 Å². The van der Waals surface area contributed by atoms with Gasteiger partial charge in [-0.3, -0.25) is 9.59 Å². The normalized spacial score (nSPS) is 10.2. The summed E-state index contributed by atoms with van der Waals surface area (Å²) in [6.07, 6.45) is 0.730. The number of halogens is 1. The fraction of sp³-hybridized carbons (Fsp3) is 0.263. The van der Waals surface area contributed by atoms with E-state index in [0.29, 0.717) is 30.1 Å². The predicted molar refractivity (Wildman–Crippen MR) is 98.8 cm³/mol. The number of rotatable bonds is 9. The third-order valence-electron chi connectivity index (χ3n) is 3.52. The minimum atomic E-state index is -0.336. The third kappa shape index (κ3) is 6.52. The summed E-state index contributed by atoms with van der Waals surface area (Å²) in [5.74, 6) is -0.814. The molecule has 0 spiro atoms. The quantitative estimate of drug-likeness (QED) is 0.602. The Hall–Kier alpha value is -2.93. The summed E-state index contributed by atoms with van der Waals surface area (Å²) in [6, 6.07) is 12.4. The van der Waals surface area contributed by atoms with Crippen LogP contribution in [0.2, 0.25) is 0 Å². The number of methoxy groups -OCH3 is 1. The first-order chi connectivity index (χ1) is 12.6. The van der Waals surface area contributed by atoms with Gasteiger partial charge in [-0.1, -0.05) is 6.07 Å². The van der Waals surface area contributed by atoms with Gasteiger partial charge in [-0.15, -0.1) is 0 Å². The predicted octanol–water partition coefficient (Wildman–Crippen LogP) is 2.64. The van der Waals surface area contributed by atoms with Gasteiger partial charge in [0.2, 0.25) is 5.91 Å². The number of carbonyl (C=O) groups excluding carboxylic acids is 2. The molecule has 2 amide bonds. The van der Waals surface area contributed by atoms with E-state index in [1.807, 2.05) is 0 Å². The zero-order valence-corrected chi connectivity index (χ0v) is 14.5. The van der Waals surface area contributed by atoms with E-state index in [4.69, 9.17) is 4.74 Å². The van der Waals surface area contributed by atoms with Gasteiger partial charge in [0.25, 0.3) is 5.91 Å². The Morgan fingerprint density at radius 3 is 2.58 bits per heavy atom. The van der Waals surface area contributed by atoms with Gasteiger partial charge in [-0.25, -0.2) is 4.39 Å². The lowest BCUT2D eigenvalue weighted by Crippen LogP contribution is -2.25. The Morgan fingerprint density at radius 2 is 1.85 bits per heavy atom. The standard InChI is InChI=1S/C19H22FN3O3/c1-26-11-3-10-21-19(25)14-4-2-5-17(12-14)23-18(24)13-22-16-8-6-15(20)7-9-16/h2,4-9,12,22H,3,10-11,13H2,1H3,(H,21,25)(H,23,24). The smallest absolute Gasteiger partial charge is 0.251 e. The molecular weight excluding hydrogens is 337 g/mol. The van der Waals surface area contributed by atoms with Gasteiger partial charge in [-0.2, -0.15) is 0 Å². The molecule has 2 rings (SSSR count). The number of carbonyl (C=O) groups is 2. The molecule has 0 bridgehead atoms. The van der Waals surface area contributed by atoms with E-state index in [1.165, 1.54) is 12.1 Å². The molecule has 0 atom stereocenters. The van der Waals surface area contributed by atoms with Crippen LogP contribution in [-0.4, -0.2) is 38.6 Å². The number of amides is 2. The Balaban J connectivity index is 1.83. The molecular formula is C19H22FN3O3. The fourth-order valence-corrected chi connectivity index (χ4v) is 2.21. The Morgan fingerprint density at radius 1 is 1.08 bits per heavy atom. The van der Waals surface area contributed by atoms with E-state index in [2.05, 4.69) is 16.0 Å². The molecule has 0 saturated heterocycles. The largest absolute Gasteiger partial charge is 0.385 e. The summed E-state index contributed by atoms with van der Waals surface area (Å²) >= 11 is 0. The molecule has 0 aliphatic heterocycles. The molecule has 0 saturated carbocycles. The number of hydrogen-bond donors (Lipinski definition) is 3. The van der Waals surface area contributed by atoms with Crippen molar-refractivity contribution in [3.8, 4) is 0 Å². The van der Waals surface area contributed by atoms with Gasteiger partial charge in [0.15, 0.2) is 0 Å². The Labute approximate surface area is 151 Å². The summed E-state index contributed by atoms with van der Waals surface area (Å²) in [5, 5.41) is 8.41. The van der Waals surface area contributed by atoms with Crippen molar-refractivity contribution in [3.63, 3.8) is 0 Å². The van der Waals surface area contributed by atoms with E-state index in [9.17, 15) is 14.0 Å². The van der Waals surface area contributed by atoms with E-state index < -0.39 is 0 Å². The van der Waals surface area contributed by atoms with Crippen molar-refractivity contribution in [2.75, 3.05) is 37.4 Å². The first-order valence-corrected chi connectivity index (χ1v) is 8.25. The first-order valence-electron chi connectivity index (χ1n) is 8.25. The summed E-state index contributed by atoms with van der Waals surface area (Å²) in [6.45, 7) is 1.13. The minimum Gasteiger partial charge on any atom is -0.385 e. The van der Waals surface area contributed by atoms with Crippen LogP contribution in [0.25, 0.3) is 0 Å². The zero-order chi connectivity index (χ0) is 18.8. The minimum absolute atomic E-state index is 0.0269. The van der Waals surface area contributed by atoms with Crippen molar-refractivity contribution in [2.24, 2.45) is 0 Å².